The van der Waals surface area contributed by atoms with Crippen LogP contribution in [0.25, 0.3) is 0 Å². The van der Waals surface area contributed by atoms with E-state index in [9.17, 15) is 14.0 Å². The van der Waals surface area contributed by atoms with E-state index in [1.165, 1.54) is 13.2 Å². The van der Waals surface area contributed by atoms with Gasteiger partial charge in [-0.3, -0.25) is 4.79 Å². The fourth-order valence-electron chi connectivity index (χ4n) is 1.77. The number of halogens is 1. The highest BCUT2D eigenvalue weighted by Gasteiger charge is 2.22. The Balaban J connectivity index is 2.54. The highest BCUT2D eigenvalue weighted by atomic mass is 32.2. The molecule has 0 aliphatic heterocycles. The van der Waals surface area contributed by atoms with Crippen molar-refractivity contribution in [2.75, 3.05) is 12.9 Å². The van der Waals surface area contributed by atoms with Gasteiger partial charge in [-0.2, -0.15) is 0 Å². The first-order chi connectivity index (χ1) is 9.93. The summed E-state index contributed by atoms with van der Waals surface area (Å²) < 4.78 is 18.1. The average molecular weight is 313 g/mol. The van der Waals surface area contributed by atoms with Crippen molar-refractivity contribution in [3.05, 3.63) is 30.1 Å². The zero-order valence-electron chi connectivity index (χ0n) is 12.4. The Morgan fingerprint density at radius 1 is 1.33 bits per heavy atom. The minimum Gasteiger partial charge on any atom is -0.467 e. The Hall–Kier alpha value is -1.56. The monoisotopic (exact) mass is 313 g/mol. The number of ether oxygens (including phenoxy) is 1. The molecule has 0 radical (unpaired) electrons. The van der Waals surface area contributed by atoms with Crippen LogP contribution in [-0.4, -0.2) is 30.8 Å². The highest BCUT2D eigenvalue weighted by Crippen LogP contribution is 2.20. The Kier molecular flexibility index (Phi) is 7.22. The number of esters is 1. The summed E-state index contributed by atoms with van der Waals surface area (Å²) in [6.07, 6.45) is 0.503. The zero-order chi connectivity index (χ0) is 15.8. The summed E-state index contributed by atoms with van der Waals surface area (Å²) in [6, 6.07) is 5.59. The molecule has 21 heavy (non-hydrogen) atoms. The summed E-state index contributed by atoms with van der Waals surface area (Å²) in [4.78, 5) is 23.9. The SMILES string of the molecule is COC(=O)C(CC(C)C)NC(=O)CSc1ccccc1F. The van der Waals surface area contributed by atoms with Gasteiger partial charge in [0.1, 0.15) is 11.9 Å². The molecular weight excluding hydrogens is 293 g/mol. The molecule has 6 heteroatoms. The van der Waals surface area contributed by atoms with E-state index in [0.717, 1.165) is 11.8 Å². The molecule has 0 aliphatic rings. The number of rotatable bonds is 7. The number of hydrogen-bond acceptors (Lipinski definition) is 4. The van der Waals surface area contributed by atoms with Crippen molar-refractivity contribution in [1.29, 1.82) is 0 Å². The minimum absolute atomic E-state index is 0.0481. The molecule has 0 aliphatic carbocycles. The summed E-state index contributed by atoms with van der Waals surface area (Å²) in [5.41, 5.74) is 0. The molecule has 1 rings (SSSR count). The van der Waals surface area contributed by atoms with Crippen molar-refractivity contribution in [3.8, 4) is 0 Å². The molecule has 1 atom stereocenters. The normalized spacial score (nSPS) is 12.0. The number of amides is 1. The Morgan fingerprint density at radius 3 is 2.57 bits per heavy atom. The third kappa shape index (κ3) is 6.16. The second-order valence-electron chi connectivity index (χ2n) is 4.99. The molecule has 0 saturated heterocycles. The van der Waals surface area contributed by atoms with Crippen molar-refractivity contribution in [3.63, 3.8) is 0 Å². The van der Waals surface area contributed by atoms with Gasteiger partial charge in [-0.05, 0) is 24.5 Å². The largest absolute Gasteiger partial charge is 0.467 e. The lowest BCUT2D eigenvalue weighted by Gasteiger charge is -2.18. The number of hydrogen-bond donors (Lipinski definition) is 1. The van der Waals surface area contributed by atoms with Crippen molar-refractivity contribution in [2.45, 2.75) is 31.2 Å². The molecule has 0 bridgehead atoms. The molecule has 0 saturated carbocycles. The van der Waals surface area contributed by atoms with Crippen LogP contribution in [0.5, 0.6) is 0 Å². The molecule has 1 N–H and O–H groups in total. The second kappa shape index (κ2) is 8.67. The molecule has 0 spiro atoms. The molecule has 4 nitrogen and oxygen atoms in total. The van der Waals surface area contributed by atoms with E-state index in [4.69, 9.17) is 0 Å². The fourth-order valence-corrected chi connectivity index (χ4v) is 2.52. The van der Waals surface area contributed by atoms with Crippen LogP contribution in [0.4, 0.5) is 4.39 Å². The first-order valence-corrected chi connectivity index (χ1v) is 7.67. The van der Waals surface area contributed by atoms with Crippen molar-refractivity contribution in [1.82, 2.24) is 5.32 Å². The van der Waals surface area contributed by atoms with Crippen LogP contribution in [0.2, 0.25) is 0 Å². The van der Waals surface area contributed by atoms with Crippen molar-refractivity contribution in [2.24, 2.45) is 5.92 Å². The molecular formula is C15H20FNO3S. The summed E-state index contributed by atoms with van der Waals surface area (Å²) >= 11 is 1.10. The van der Waals surface area contributed by atoms with Gasteiger partial charge in [0.2, 0.25) is 5.91 Å². The lowest BCUT2D eigenvalue weighted by molar-refractivity contribution is -0.145. The van der Waals surface area contributed by atoms with Gasteiger partial charge >= 0.3 is 5.97 Å². The lowest BCUT2D eigenvalue weighted by Crippen LogP contribution is -2.43. The van der Waals surface area contributed by atoms with Gasteiger partial charge in [-0.1, -0.05) is 26.0 Å². The second-order valence-corrected chi connectivity index (χ2v) is 6.01. The third-order valence-electron chi connectivity index (χ3n) is 2.72. The topological polar surface area (TPSA) is 55.4 Å². The van der Waals surface area contributed by atoms with Gasteiger partial charge in [0.25, 0.3) is 0 Å². The minimum atomic E-state index is -0.663. The van der Waals surface area contributed by atoms with Crippen LogP contribution < -0.4 is 5.32 Å². The van der Waals surface area contributed by atoms with Crippen LogP contribution >= 0.6 is 11.8 Å². The average Bonchev–Trinajstić information content (AvgIpc) is 2.44. The number of benzene rings is 1. The smallest absolute Gasteiger partial charge is 0.328 e. The molecule has 116 valence electrons. The fraction of sp³-hybridized carbons (Fsp3) is 0.467. The van der Waals surface area contributed by atoms with Crippen LogP contribution in [0.1, 0.15) is 20.3 Å². The predicted octanol–water partition coefficient (Wildman–Crippen LogP) is 2.62. The maximum Gasteiger partial charge on any atom is 0.328 e. The Labute approximate surface area is 128 Å². The first-order valence-electron chi connectivity index (χ1n) is 6.68. The van der Waals surface area contributed by atoms with E-state index in [0.29, 0.717) is 11.3 Å². The summed E-state index contributed by atoms with van der Waals surface area (Å²) in [5, 5.41) is 2.63. The van der Waals surface area contributed by atoms with Crippen molar-refractivity contribution < 1.29 is 18.7 Å². The van der Waals surface area contributed by atoms with Crippen LogP contribution in [0, 0.1) is 11.7 Å². The van der Waals surface area contributed by atoms with Gasteiger partial charge in [0.05, 0.1) is 12.9 Å². The van der Waals surface area contributed by atoms with E-state index >= 15 is 0 Å². The third-order valence-corrected chi connectivity index (χ3v) is 3.77. The number of nitrogens with one attached hydrogen (secondary N) is 1. The maximum atomic E-state index is 13.4. The Bertz CT molecular complexity index is 494. The van der Waals surface area contributed by atoms with Gasteiger partial charge in [0, 0.05) is 4.90 Å². The standard InChI is InChI=1S/C15H20FNO3S/c1-10(2)8-12(15(19)20-3)17-14(18)9-21-13-7-5-4-6-11(13)16/h4-7,10,12H,8-9H2,1-3H3,(H,17,18). The van der Waals surface area contributed by atoms with E-state index in [2.05, 4.69) is 10.1 Å². The van der Waals surface area contributed by atoms with E-state index in [1.54, 1.807) is 18.2 Å². The van der Waals surface area contributed by atoms with Gasteiger partial charge in [-0.15, -0.1) is 11.8 Å². The quantitative estimate of drug-likeness (QED) is 0.621. The number of thioether (sulfide) groups is 1. The van der Waals surface area contributed by atoms with Crippen LogP contribution in [0.15, 0.2) is 29.2 Å². The zero-order valence-corrected chi connectivity index (χ0v) is 13.2. The summed E-state index contributed by atoms with van der Waals surface area (Å²) in [5.74, 6) is -0.852. The molecule has 0 fully saturated rings. The molecule has 1 aromatic rings. The van der Waals surface area contributed by atoms with Gasteiger partial charge < -0.3 is 10.1 Å². The molecule has 1 aromatic carbocycles. The molecule has 1 amide bonds. The highest BCUT2D eigenvalue weighted by molar-refractivity contribution is 8.00. The number of carbonyl (C=O) groups is 2. The molecule has 0 heterocycles. The Morgan fingerprint density at radius 2 is 2.00 bits per heavy atom. The van der Waals surface area contributed by atoms with Crippen LogP contribution in [0.3, 0.4) is 0 Å². The molecule has 0 aromatic heterocycles. The van der Waals surface area contributed by atoms with E-state index < -0.39 is 12.0 Å². The maximum absolute atomic E-state index is 13.4. The summed E-state index contributed by atoms with van der Waals surface area (Å²) in [6.45, 7) is 3.91. The van der Waals surface area contributed by atoms with Crippen molar-refractivity contribution >= 4 is 23.6 Å². The number of carbonyl (C=O) groups excluding carboxylic acids is 2. The van der Waals surface area contributed by atoms with E-state index in [1.807, 2.05) is 13.8 Å². The van der Waals surface area contributed by atoms with Gasteiger partial charge in [0.15, 0.2) is 0 Å². The summed E-state index contributed by atoms with van der Waals surface area (Å²) in [7, 11) is 1.29. The van der Waals surface area contributed by atoms with Gasteiger partial charge in [-0.25, -0.2) is 9.18 Å². The predicted molar refractivity (Wildman–Crippen MR) is 80.5 cm³/mol. The van der Waals surface area contributed by atoms with E-state index in [-0.39, 0.29) is 23.4 Å². The molecule has 1 unspecified atom stereocenters. The van der Waals surface area contributed by atoms with Crippen LogP contribution in [-0.2, 0) is 14.3 Å². The first kappa shape index (κ1) is 17.5. The number of methoxy groups -OCH3 is 1. The lowest BCUT2D eigenvalue weighted by atomic mass is 10.0.